The van der Waals surface area contributed by atoms with E-state index in [-0.39, 0.29) is 18.3 Å². The lowest BCUT2D eigenvalue weighted by Gasteiger charge is -2.15. The molecular formula is C26H31N3O3S2. The van der Waals surface area contributed by atoms with Gasteiger partial charge < -0.3 is 10.1 Å². The number of anilines is 1. The fourth-order valence-corrected chi connectivity index (χ4v) is 6.87. The molecule has 2 heterocycles. The Bertz CT molecular complexity index is 1100. The lowest BCUT2D eigenvalue weighted by Crippen LogP contribution is -2.16. The van der Waals surface area contributed by atoms with Crippen LogP contribution in [0.15, 0.2) is 11.1 Å². The number of fused-ring (bicyclic) bond motifs is 2. The van der Waals surface area contributed by atoms with Gasteiger partial charge in [0.2, 0.25) is 5.91 Å². The number of carbonyl (C=O) groups is 2. The van der Waals surface area contributed by atoms with Gasteiger partial charge in [0.1, 0.15) is 16.1 Å². The number of nitrogens with one attached hydrogen (secondary N) is 1. The molecule has 1 amide bonds. The normalized spacial score (nSPS) is 15.3. The van der Waals surface area contributed by atoms with Gasteiger partial charge in [-0.1, -0.05) is 12.8 Å². The van der Waals surface area contributed by atoms with Gasteiger partial charge in [-0.2, -0.15) is 5.26 Å². The third kappa shape index (κ3) is 5.81. The van der Waals surface area contributed by atoms with Crippen LogP contribution in [-0.4, -0.2) is 29.2 Å². The van der Waals surface area contributed by atoms with Crippen LogP contribution in [0.5, 0.6) is 0 Å². The molecule has 1 N–H and O–H groups in total. The molecular weight excluding hydrogens is 466 g/mol. The fourth-order valence-electron chi connectivity index (χ4n) is 4.66. The van der Waals surface area contributed by atoms with E-state index in [9.17, 15) is 14.9 Å². The van der Waals surface area contributed by atoms with Crippen LogP contribution in [0, 0.1) is 11.3 Å². The highest BCUT2D eigenvalue weighted by Gasteiger charge is 2.27. The van der Waals surface area contributed by atoms with E-state index in [4.69, 9.17) is 9.72 Å². The number of hydrogen-bond acceptors (Lipinski definition) is 7. The van der Waals surface area contributed by atoms with E-state index in [1.807, 2.05) is 6.07 Å². The zero-order chi connectivity index (χ0) is 23.9. The molecule has 2 aromatic heterocycles. The Morgan fingerprint density at radius 1 is 1.15 bits per heavy atom. The van der Waals surface area contributed by atoms with Gasteiger partial charge in [0, 0.05) is 22.7 Å². The highest BCUT2D eigenvalue weighted by atomic mass is 32.2. The maximum atomic E-state index is 12.8. The summed E-state index contributed by atoms with van der Waals surface area (Å²) in [5, 5.41) is 13.9. The van der Waals surface area contributed by atoms with Crippen LogP contribution < -0.4 is 5.32 Å². The number of hydrogen-bond donors (Lipinski definition) is 1. The quantitative estimate of drug-likeness (QED) is 0.381. The van der Waals surface area contributed by atoms with Gasteiger partial charge in [0.25, 0.3) is 0 Å². The number of esters is 1. The minimum atomic E-state index is -0.352. The second-order valence-corrected chi connectivity index (χ2v) is 10.9. The van der Waals surface area contributed by atoms with Gasteiger partial charge in [0.15, 0.2) is 0 Å². The van der Waals surface area contributed by atoms with E-state index >= 15 is 0 Å². The number of ether oxygens (including phenoxy) is 1. The summed E-state index contributed by atoms with van der Waals surface area (Å²) < 4.78 is 5.27. The van der Waals surface area contributed by atoms with Gasteiger partial charge in [-0.15, -0.1) is 23.1 Å². The van der Waals surface area contributed by atoms with Crippen molar-refractivity contribution in [2.45, 2.75) is 82.6 Å². The molecule has 0 aromatic carbocycles. The summed E-state index contributed by atoms with van der Waals surface area (Å²) in [5.41, 5.74) is 4.49. The molecule has 0 atom stereocenters. The largest absolute Gasteiger partial charge is 0.462 e. The van der Waals surface area contributed by atoms with Crippen LogP contribution in [-0.2, 0) is 35.2 Å². The molecule has 0 radical (unpaired) electrons. The molecule has 2 aromatic rings. The predicted molar refractivity (Wildman–Crippen MR) is 136 cm³/mol. The van der Waals surface area contributed by atoms with Gasteiger partial charge in [-0.05, 0) is 75.5 Å². The highest BCUT2D eigenvalue weighted by molar-refractivity contribution is 7.99. The average molecular weight is 498 g/mol. The minimum absolute atomic E-state index is 0.138. The zero-order valence-electron chi connectivity index (χ0n) is 19.7. The number of pyridine rings is 1. The van der Waals surface area contributed by atoms with E-state index in [1.54, 1.807) is 6.92 Å². The molecule has 0 bridgehead atoms. The third-order valence-corrected chi connectivity index (χ3v) is 8.56. The molecule has 8 heteroatoms. The number of aryl methyl sites for hydroxylation is 3. The zero-order valence-corrected chi connectivity index (χ0v) is 21.3. The van der Waals surface area contributed by atoms with E-state index in [2.05, 4.69) is 11.4 Å². The number of nitrogens with zero attached hydrogens (tertiary/aromatic N) is 2. The fraction of sp³-hybridized carbons (Fsp3) is 0.538. The van der Waals surface area contributed by atoms with Crippen LogP contribution in [0.1, 0.15) is 89.5 Å². The van der Waals surface area contributed by atoms with Crippen molar-refractivity contribution in [3.05, 3.63) is 38.9 Å². The molecule has 2 aliphatic carbocycles. The molecule has 6 nitrogen and oxygen atoms in total. The first-order valence-corrected chi connectivity index (χ1v) is 14.1. The van der Waals surface area contributed by atoms with Crippen LogP contribution in [0.3, 0.4) is 0 Å². The summed E-state index contributed by atoms with van der Waals surface area (Å²) >= 11 is 2.96. The van der Waals surface area contributed by atoms with E-state index in [0.29, 0.717) is 33.5 Å². The molecule has 4 rings (SSSR count). The first kappa shape index (κ1) is 24.7. The first-order valence-electron chi connectivity index (χ1n) is 12.3. The topological polar surface area (TPSA) is 92.1 Å². The number of thioether (sulfide) groups is 1. The van der Waals surface area contributed by atoms with Gasteiger partial charge in [-0.25, -0.2) is 9.78 Å². The van der Waals surface area contributed by atoms with Crippen molar-refractivity contribution in [2.75, 3.05) is 17.7 Å². The van der Waals surface area contributed by atoms with E-state index in [1.165, 1.54) is 46.4 Å². The molecule has 0 saturated carbocycles. The Morgan fingerprint density at radius 3 is 2.71 bits per heavy atom. The maximum absolute atomic E-state index is 12.8. The van der Waals surface area contributed by atoms with Crippen molar-refractivity contribution < 1.29 is 14.3 Å². The number of amides is 1. The summed E-state index contributed by atoms with van der Waals surface area (Å²) in [7, 11) is 0. The second-order valence-electron chi connectivity index (χ2n) is 8.76. The Morgan fingerprint density at radius 2 is 1.91 bits per heavy atom. The molecule has 0 fully saturated rings. The van der Waals surface area contributed by atoms with Crippen LogP contribution >= 0.6 is 23.1 Å². The molecule has 0 unspecified atom stereocenters. The van der Waals surface area contributed by atoms with Crippen LogP contribution in [0.25, 0.3) is 0 Å². The first-order chi connectivity index (χ1) is 16.6. The lowest BCUT2D eigenvalue weighted by molar-refractivity contribution is -0.115. The van der Waals surface area contributed by atoms with Gasteiger partial charge >= 0.3 is 5.97 Å². The predicted octanol–water partition coefficient (Wildman–Crippen LogP) is 5.85. The second kappa shape index (κ2) is 11.9. The summed E-state index contributed by atoms with van der Waals surface area (Å²) in [6, 6.07) is 4.28. The smallest absolute Gasteiger partial charge is 0.341 e. The molecule has 2 aliphatic rings. The molecule has 180 valence electrons. The average Bonchev–Trinajstić information content (AvgIpc) is 3.17. The standard InChI is InChI=1S/C26H31N3O3S2/c1-2-32-26(31)23-19-10-7-8-12-21(19)34-25(23)29-22(30)13-14-33-24-18(16-27)15-17-9-5-3-4-6-11-20(17)28-24/h15H,2-14H2,1H3,(H,29,30). The highest BCUT2D eigenvalue weighted by Crippen LogP contribution is 2.38. The Labute approximate surface area is 209 Å². The van der Waals surface area contributed by atoms with Crippen molar-refractivity contribution in [3.63, 3.8) is 0 Å². The number of nitriles is 1. The Balaban J connectivity index is 1.41. The summed E-state index contributed by atoms with van der Waals surface area (Å²) in [6.45, 7) is 2.10. The molecule has 0 saturated heterocycles. The maximum Gasteiger partial charge on any atom is 0.341 e. The monoisotopic (exact) mass is 497 g/mol. The lowest BCUT2D eigenvalue weighted by atomic mass is 9.95. The third-order valence-electron chi connectivity index (χ3n) is 6.36. The summed E-state index contributed by atoms with van der Waals surface area (Å²) in [6.07, 6.45) is 10.9. The van der Waals surface area contributed by atoms with Crippen LogP contribution in [0.2, 0.25) is 0 Å². The van der Waals surface area contributed by atoms with Crippen molar-refractivity contribution in [2.24, 2.45) is 0 Å². The Kier molecular flexibility index (Phi) is 8.63. The molecule has 34 heavy (non-hydrogen) atoms. The SMILES string of the molecule is CCOC(=O)c1c(NC(=O)CCSc2nc3c(cc2C#N)CCCCCC3)sc2c1CCCC2. The van der Waals surface area contributed by atoms with Gasteiger partial charge in [-0.3, -0.25) is 4.79 Å². The number of rotatable bonds is 7. The van der Waals surface area contributed by atoms with E-state index < -0.39 is 0 Å². The molecule has 0 spiro atoms. The van der Waals surface area contributed by atoms with Crippen molar-refractivity contribution in [3.8, 4) is 6.07 Å². The van der Waals surface area contributed by atoms with E-state index in [0.717, 1.165) is 62.6 Å². The van der Waals surface area contributed by atoms with Gasteiger partial charge in [0.05, 0.1) is 17.7 Å². The van der Waals surface area contributed by atoms with Crippen LogP contribution in [0.4, 0.5) is 5.00 Å². The van der Waals surface area contributed by atoms with Crippen molar-refractivity contribution >= 4 is 40.0 Å². The summed E-state index contributed by atoms with van der Waals surface area (Å²) in [5.74, 6) is 0.0307. The Hall–Kier alpha value is -2.37. The number of carbonyl (C=O) groups excluding carboxylic acids is 2. The number of aromatic nitrogens is 1. The molecule has 0 aliphatic heterocycles. The summed E-state index contributed by atoms with van der Waals surface area (Å²) in [4.78, 5) is 31.4. The number of thiophene rings is 1. The van der Waals surface area contributed by atoms with Crippen molar-refractivity contribution in [1.82, 2.24) is 4.98 Å². The van der Waals surface area contributed by atoms with Crippen molar-refractivity contribution in [1.29, 1.82) is 5.26 Å². The minimum Gasteiger partial charge on any atom is -0.462 e.